The molecule has 106 valence electrons. The molecule has 0 N–H and O–H groups in total. The van der Waals surface area contributed by atoms with E-state index in [0.29, 0.717) is 16.9 Å². The predicted octanol–water partition coefficient (Wildman–Crippen LogP) is 4.88. The third kappa shape index (κ3) is 3.85. The minimum atomic E-state index is 0.299. The van der Waals surface area contributed by atoms with E-state index in [2.05, 4.69) is 60.3 Å². The number of likely N-dealkylation sites (tertiary alicyclic amines) is 1. The highest BCUT2D eigenvalue weighted by Crippen LogP contribution is 2.43. The smallest absolute Gasteiger partial charge is 0.00388 e. The maximum absolute atomic E-state index is 2.60. The summed E-state index contributed by atoms with van der Waals surface area (Å²) in [6.07, 6.45) is 2.53. The summed E-state index contributed by atoms with van der Waals surface area (Å²) in [6, 6.07) is 0.694. The molecule has 1 aliphatic heterocycles. The number of hydrogen-bond donors (Lipinski definition) is 0. The van der Waals surface area contributed by atoms with Crippen LogP contribution in [0.4, 0.5) is 0 Å². The van der Waals surface area contributed by atoms with Gasteiger partial charge in [-0.25, -0.2) is 0 Å². The van der Waals surface area contributed by atoms with Crippen molar-refractivity contribution in [2.24, 2.45) is 10.8 Å². The van der Waals surface area contributed by atoms with Crippen molar-refractivity contribution in [3.63, 3.8) is 0 Å². The lowest BCUT2D eigenvalue weighted by molar-refractivity contribution is 0.202. The molecule has 0 aromatic rings. The minimum Gasteiger partial charge on any atom is -0.300 e. The molecule has 1 heterocycles. The van der Waals surface area contributed by atoms with Crippen molar-refractivity contribution in [1.29, 1.82) is 0 Å². The summed E-state index contributed by atoms with van der Waals surface area (Å²) >= 11 is 0. The van der Waals surface area contributed by atoms with E-state index in [0.717, 1.165) is 0 Å². The van der Waals surface area contributed by atoms with E-state index in [9.17, 15) is 0 Å². The Labute approximate surface area is 115 Å². The van der Waals surface area contributed by atoms with Gasteiger partial charge in [0.1, 0.15) is 0 Å². The highest BCUT2D eigenvalue weighted by molar-refractivity contribution is 5.27. The van der Waals surface area contributed by atoms with Crippen molar-refractivity contribution >= 4 is 0 Å². The number of nitrogens with zero attached hydrogens (tertiary/aromatic N) is 1. The summed E-state index contributed by atoms with van der Waals surface area (Å²) in [6.45, 7) is 21.3. The lowest BCUT2D eigenvalue weighted by Crippen LogP contribution is -2.38. The van der Waals surface area contributed by atoms with Gasteiger partial charge in [-0.1, -0.05) is 52.7 Å². The standard InChI is InChI=1S/C17H33N/c1-13(2)18-11-9-14(10-12-18)15(16(3,4)5)17(6,7)8/h13H,9-12H2,1-8H3. The van der Waals surface area contributed by atoms with Gasteiger partial charge in [-0.15, -0.1) is 0 Å². The molecule has 0 aromatic heterocycles. The minimum absolute atomic E-state index is 0.299. The summed E-state index contributed by atoms with van der Waals surface area (Å²) in [5.41, 5.74) is 4.02. The van der Waals surface area contributed by atoms with Crippen LogP contribution in [0.3, 0.4) is 0 Å². The van der Waals surface area contributed by atoms with Crippen LogP contribution < -0.4 is 0 Å². The molecule has 0 saturated carbocycles. The lowest BCUT2D eigenvalue weighted by Gasteiger charge is -2.40. The molecule has 18 heavy (non-hydrogen) atoms. The topological polar surface area (TPSA) is 3.24 Å². The van der Waals surface area contributed by atoms with Crippen molar-refractivity contribution in [2.75, 3.05) is 13.1 Å². The van der Waals surface area contributed by atoms with E-state index in [1.54, 1.807) is 11.1 Å². The molecular weight excluding hydrogens is 218 g/mol. The van der Waals surface area contributed by atoms with Gasteiger partial charge < -0.3 is 4.90 Å². The maximum Gasteiger partial charge on any atom is 0.00388 e. The third-order valence-electron chi connectivity index (χ3n) is 3.99. The van der Waals surface area contributed by atoms with Gasteiger partial charge in [0.2, 0.25) is 0 Å². The van der Waals surface area contributed by atoms with Crippen molar-refractivity contribution in [3.05, 3.63) is 11.1 Å². The van der Waals surface area contributed by atoms with Crippen LogP contribution in [0.1, 0.15) is 68.2 Å². The first-order chi connectivity index (χ1) is 8.03. The lowest BCUT2D eigenvalue weighted by atomic mass is 9.68. The van der Waals surface area contributed by atoms with Crippen molar-refractivity contribution < 1.29 is 0 Å². The fourth-order valence-corrected chi connectivity index (χ4v) is 3.75. The second-order valence-electron chi connectivity index (χ2n) is 8.11. The highest BCUT2D eigenvalue weighted by atomic mass is 15.1. The molecule has 0 aliphatic carbocycles. The molecule has 1 nitrogen and oxygen atoms in total. The zero-order valence-corrected chi connectivity index (χ0v) is 13.9. The third-order valence-corrected chi connectivity index (χ3v) is 3.99. The molecule has 0 unspecified atom stereocenters. The zero-order valence-electron chi connectivity index (χ0n) is 13.9. The van der Waals surface area contributed by atoms with Gasteiger partial charge >= 0.3 is 0 Å². The first-order valence-electron chi connectivity index (χ1n) is 7.50. The Balaban J connectivity index is 2.97. The van der Waals surface area contributed by atoms with E-state index in [-0.39, 0.29) is 0 Å². The van der Waals surface area contributed by atoms with Crippen LogP contribution in [0.15, 0.2) is 11.1 Å². The molecule has 0 radical (unpaired) electrons. The Morgan fingerprint density at radius 3 is 1.56 bits per heavy atom. The van der Waals surface area contributed by atoms with E-state index in [4.69, 9.17) is 0 Å². The average molecular weight is 251 g/mol. The zero-order chi connectivity index (χ0) is 14.1. The maximum atomic E-state index is 2.60. The van der Waals surface area contributed by atoms with Gasteiger partial charge in [0.15, 0.2) is 0 Å². The van der Waals surface area contributed by atoms with Crippen LogP contribution in [-0.2, 0) is 0 Å². The average Bonchev–Trinajstić information content (AvgIpc) is 2.13. The second-order valence-corrected chi connectivity index (χ2v) is 8.11. The van der Waals surface area contributed by atoms with E-state index in [1.807, 2.05) is 0 Å². The molecule has 0 amide bonds. The molecule has 0 spiro atoms. The summed E-state index contributed by atoms with van der Waals surface area (Å²) in [5.74, 6) is 0. The van der Waals surface area contributed by atoms with Crippen LogP contribution >= 0.6 is 0 Å². The van der Waals surface area contributed by atoms with Crippen molar-refractivity contribution in [3.8, 4) is 0 Å². The molecule has 1 rings (SSSR count). The monoisotopic (exact) mass is 251 g/mol. The molecule has 1 aliphatic rings. The number of hydrogen-bond acceptors (Lipinski definition) is 1. The number of allylic oxidation sites excluding steroid dienone is 1. The van der Waals surface area contributed by atoms with Crippen LogP contribution in [0.25, 0.3) is 0 Å². The van der Waals surface area contributed by atoms with Gasteiger partial charge in [0.05, 0.1) is 0 Å². The van der Waals surface area contributed by atoms with Crippen molar-refractivity contribution in [1.82, 2.24) is 4.90 Å². The second kappa shape index (κ2) is 5.36. The molecule has 1 heteroatoms. The molecule has 0 bridgehead atoms. The van der Waals surface area contributed by atoms with Crippen LogP contribution in [0, 0.1) is 10.8 Å². The largest absolute Gasteiger partial charge is 0.300 e. The fraction of sp³-hybridized carbons (Fsp3) is 0.882. The van der Waals surface area contributed by atoms with Gasteiger partial charge in [-0.3, -0.25) is 0 Å². The molecule has 0 atom stereocenters. The van der Waals surface area contributed by atoms with Gasteiger partial charge in [-0.05, 0) is 37.5 Å². The molecule has 1 fully saturated rings. The van der Waals surface area contributed by atoms with Crippen LogP contribution in [-0.4, -0.2) is 24.0 Å². The molecule has 0 aromatic carbocycles. The summed E-state index contributed by atoms with van der Waals surface area (Å²) in [4.78, 5) is 2.60. The number of piperidine rings is 1. The van der Waals surface area contributed by atoms with Crippen molar-refractivity contribution in [2.45, 2.75) is 74.3 Å². The van der Waals surface area contributed by atoms with E-state index in [1.165, 1.54) is 25.9 Å². The Hall–Kier alpha value is -0.300. The van der Waals surface area contributed by atoms with E-state index < -0.39 is 0 Å². The Morgan fingerprint density at radius 1 is 0.889 bits per heavy atom. The Morgan fingerprint density at radius 2 is 1.28 bits per heavy atom. The van der Waals surface area contributed by atoms with Crippen LogP contribution in [0.2, 0.25) is 0 Å². The predicted molar refractivity (Wildman–Crippen MR) is 81.9 cm³/mol. The van der Waals surface area contributed by atoms with Gasteiger partial charge in [0, 0.05) is 19.1 Å². The highest BCUT2D eigenvalue weighted by Gasteiger charge is 2.32. The van der Waals surface area contributed by atoms with E-state index >= 15 is 0 Å². The summed E-state index contributed by atoms with van der Waals surface area (Å²) in [7, 11) is 0. The number of rotatable bonds is 1. The quantitative estimate of drug-likeness (QED) is 0.600. The Bertz CT molecular complexity index is 283. The summed E-state index contributed by atoms with van der Waals surface area (Å²) < 4.78 is 0. The Kier molecular flexibility index (Phi) is 4.70. The summed E-state index contributed by atoms with van der Waals surface area (Å²) in [5, 5.41) is 0. The van der Waals surface area contributed by atoms with Gasteiger partial charge in [-0.2, -0.15) is 0 Å². The first kappa shape index (κ1) is 15.8. The normalized spacial score (nSPS) is 19.5. The molecule has 1 saturated heterocycles. The van der Waals surface area contributed by atoms with Gasteiger partial charge in [0.25, 0.3) is 0 Å². The first-order valence-corrected chi connectivity index (χ1v) is 7.50. The van der Waals surface area contributed by atoms with Crippen LogP contribution in [0.5, 0.6) is 0 Å². The fourth-order valence-electron chi connectivity index (χ4n) is 3.75. The molecular formula is C17H33N. The SMILES string of the molecule is CC(C)N1CCC(=C(C(C)(C)C)C(C)(C)C)CC1.